The molecule has 0 saturated carbocycles. The molecular formula is C32H33ClN4O3S. The van der Waals surface area contributed by atoms with Gasteiger partial charge in [-0.3, -0.25) is 19.8 Å². The van der Waals surface area contributed by atoms with E-state index >= 15 is 0 Å². The van der Waals surface area contributed by atoms with Gasteiger partial charge in [0, 0.05) is 41.5 Å². The topological polar surface area (TPSA) is 90.5 Å². The number of amides is 3. The summed E-state index contributed by atoms with van der Waals surface area (Å²) in [4.78, 5) is 40.0. The van der Waals surface area contributed by atoms with Crippen molar-refractivity contribution in [3.8, 4) is 0 Å². The van der Waals surface area contributed by atoms with E-state index in [-0.39, 0.29) is 6.03 Å². The summed E-state index contributed by atoms with van der Waals surface area (Å²) in [5.41, 5.74) is 3.60. The molecule has 0 radical (unpaired) electrons. The van der Waals surface area contributed by atoms with E-state index in [9.17, 15) is 14.4 Å². The van der Waals surface area contributed by atoms with Crippen molar-refractivity contribution in [3.63, 3.8) is 0 Å². The molecule has 1 aromatic heterocycles. The normalized spacial score (nSPS) is 13.0. The van der Waals surface area contributed by atoms with Crippen molar-refractivity contribution in [3.05, 3.63) is 87.8 Å². The van der Waals surface area contributed by atoms with Crippen LogP contribution in [0.4, 0.5) is 21.2 Å². The lowest BCUT2D eigenvalue weighted by Gasteiger charge is -2.27. The second-order valence-electron chi connectivity index (χ2n) is 10.2. The minimum absolute atomic E-state index is 0.314. The Kier molecular flexibility index (Phi) is 9.67. The first-order chi connectivity index (χ1) is 20.0. The average molecular weight is 589 g/mol. The number of nitrogens with zero attached hydrogens (tertiary/aromatic N) is 1. The molecule has 0 saturated heterocycles. The number of Topliss-reactive ketones (excluding diaryl/α,β-unsaturated/α-hetero) is 1. The van der Waals surface area contributed by atoms with Crippen LogP contribution in [-0.2, 0) is 29.0 Å². The maximum Gasteiger partial charge on any atom is 0.324 e. The van der Waals surface area contributed by atoms with Crippen LogP contribution in [0.5, 0.6) is 0 Å². The lowest BCUT2D eigenvalue weighted by molar-refractivity contribution is -0.119. The number of fused-ring (bicyclic) bond motifs is 2. The van der Waals surface area contributed by atoms with Crippen LogP contribution in [-0.4, -0.2) is 36.2 Å². The molecule has 0 bridgehead atoms. The van der Waals surface area contributed by atoms with Crippen LogP contribution in [0.3, 0.4) is 0 Å². The maximum atomic E-state index is 12.6. The lowest BCUT2D eigenvalue weighted by Crippen LogP contribution is -2.30. The first kappa shape index (κ1) is 28.8. The third-order valence-corrected chi connectivity index (χ3v) is 8.79. The van der Waals surface area contributed by atoms with Crippen molar-refractivity contribution in [2.75, 3.05) is 29.0 Å². The van der Waals surface area contributed by atoms with Gasteiger partial charge in [-0.25, -0.2) is 4.79 Å². The van der Waals surface area contributed by atoms with Crippen LogP contribution in [0.2, 0.25) is 5.02 Å². The van der Waals surface area contributed by atoms with Crippen LogP contribution < -0.4 is 16.0 Å². The van der Waals surface area contributed by atoms with Crippen LogP contribution >= 0.6 is 22.9 Å². The molecular weight excluding hydrogens is 556 g/mol. The molecule has 3 N–H and O–H groups in total. The number of ketones is 1. The summed E-state index contributed by atoms with van der Waals surface area (Å²) in [5, 5.41) is 12.1. The molecule has 1 aliphatic heterocycles. The van der Waals surface area contributed by atoms with Gasteiger partial charge < -0.3 is 10.6 Å². The Hall–Kier alpha value is -3.72. The molecule has 0 unspecified atom stereocenters. The zero-order chi connectivity index (χ0) is 28.6. The largest absolute Gasteiger partial charge is 0.326 e. The van der Waals surface area contributed by atoms with E-state index in [0.717, 1.165) is 55.8 Å². The van der Waals surface area contributed by atoms with Gasteiger partial charge in [-0.1, -0.05) is 54.1 Å². The Bertz CT molecular complexity index is 1530. The van der Waals surface area contributed by atoms with E-state index in [1.165, 1.54) is 27.7 Å². The predicted octanol–water partition coefficient (Wildman–Crippen LogP) is 7.50. The molecule has 5 rings (SSSR count). The maximum absolute atomic E-state index is 12.6. The molecule has 4 aromatic rings. The summed E-state index contributed by atoms with van der Waals surface area (Å²) < 4.78 is 0. The second-order valence-corrected chi connectivity index (χ2v) is 11.8. The summed E-state index contributed by atoms with van der Waals surface area (Å²) >= 11 is 7.41. The van der Waals surface area contributed by atoms with Gasteiger partial charge in [0.15, 0.2) is 0 Å². The van der Waals surface area contributed by atoms with E-state index in [2.05, 4.69) is 51.2 Å². The minimum atomic E-state index is -0.387. The van der Waals surface area contributed by atoms with Crippen LogP contribution in [0.1, 0.15) is 41.7 Å². The Labute approximate surface area is 248 Å². The quantitative estimate of drug-likeness (QED) is 0.118. The summed E-state index contributed by atoms with van der Waals surface area (Å²) in [5.74, 6) is 0.314. The standard InChI is InChI=1S/C32H33ClN4O3S/c33-24-12-14-25(15-13-24)35-32(40)36-31-30(34-21-38)28-17-19-37(20-29(28)41-31)18-4-3-9-26(39)16-11-23-8-5-7-22-6-1-2-10-27(22)23/h1-2,5-8,10,12-15,21H,3-4,9,11,16-20H2,(H,34,38)(H2,35,36,40). The molecule has 0 fully saturated rings. The van der Waals surface area contributed by atoms with E-state index in [0.29, 0.717) is 46.4 Å². The number of carbonyl (C=O) groups is 3. The number of unbranched alkanes of at least 4 members (excludes halogenated alkanes) is 1. The van der Waals surface area contributed by atoms with Gasteiger partial charge in [-0.15, -0.1) is 11.3 Å². The number of halogens is 1. The van der Waals surface area contributed by atoms with Crippen molar-refractivity contribution in [2.45, 2.75) is 45.1 Å². The number of rotatable bonds is 12. The highest BCUT2D eigenvalue weighted by atomic mass is 35.5. The predicted molar refractivity (Wildman–Crippen MR) is 168 cm³/mol. The number of thiophene rings is 1. The molecule has 41 heavy (non-hydrogen) atoms. The first-order valence-electron chi connectivity index (χ1n) is 13.9. The fourth-order valence-electron chi connectivity index (χ4n) is 5.31. The Morgan fingerprint density at radius 1 is 0.951 bits per heavy atom. The fraction of sp³-hybridized carbons (Fsp3) is 0.281. The van der Waals surface area contributed by atoms with Crippen molar-refractivity contribution < 1.29 is 14.4 Å². The molecule has 212 valence electrons. The van der Waals surface area contributed by atoms with E-state index in [4.69, 9.17) is 11.6 Å². The molecule has 2 heterocycles. The number of hydrogen-bond donors (Lipinski definition) is 3. The van der Waals surface area contributed by atoms with Crippen LogP contribution in [0.15, 0.2) is 66.7 Å². The molecule has 0 atom stereocenters. The van der Waals surface area contributed by atoms with Crippen molar-refractivity contribution in [2.24, 2.45) is 0 Å². The zero-order valence-corrected chi connectivity index (χ0v) is 24.3. The molecule has 7 nitrogen and oxygen atoms in total. The summed E-state index contributed by atoms with van der Waals surface area (Å²) in [6.45, 7) is 2.52. The molecule has 3 aromatic carbocycles. The second kappa shape index (κ2) is 13.8. The van der Waals surface area contributed by atoms with E-state index in [1.54, 1.807) is 24.3 Å². The molecule has 3 amide bonds. The van der Waals surface area contributed by atoms with Gasteiger partial charge in [-0.05, 0) is 78.4 Å². The van der Waals surface area contributed by atoms with Crippen molar-refractivity contribution in [1.29, 1.82) is 0 Å². The van der Waals surface area contributed by atoms with Crippen molar-refractivity contribution in [1.82, 2.24) is 4.90 Å². The number of nitrogens with one attached hydrogen (secondary N) is 3. The van der Waals surface area contributed by atoms with Crippen LogP contribution in [0, 0.1) is 0 Å². The summed E-state index contributed by atoms with van der Waals surface area (Å²) in [6.07, 6.45) is 5.21. The molecule has 0 aliphatic carbocycles. The smallest absolute Gasteiger partial charge is 0.324 e. The number of benzene rings is 3. The van der Waals surface area contributed by atoms with Gasteiger partial charge in [0.25, 0.3) is 0 Å². The average Bonchev–Trinajstić information content (AvgIpc) is 3.31. The molecule has 9 heteroatoms. The highest BCUT2D eigenvalue weighted by molar-refractivity contribution is 7.17. The van der Waals surface area contributed by atoms with Gasteiger partial charge in [0.1, 0.15) is 10.8 Å². The highest BCUT2D eigenvalue weighted by Gasteiger charge is 2.25. The number of aryl methyl sites for hydroxylation is 1. The Balaban J connectivity index is 1.09. The Morgan fingerprint density at radius 2 is 1.76 bits per heavy atom. The SMILES string of the molecule is O=CNc1c(NC(=O)Nc2ccc(Cl)cc2)sc2c1CCN(CCCCC(=O)CCc1cccc3ccccc13)C2. The van der Waals surface area contributed by atoms with Crippen LogP contribution in [0.25, 0.3) is 10.8 Å². The molecule has 1 aliphatic rings. The third kappa shape index (κ3) is 7.52. The zero-order valence-electron chi connectivity index (χ0n) is 22.8. The lowest BCUT2D eigenvalue weighted by atomic mass is 9.98. The fourth-order valence-corrected chi connectivity index (χ4v) is 6.69. The number of urea groups is 1. The minimum Gasteiger partial charge on any atom is -0.326 e. The van der Waals surface area contributed by atoms with Gasteiger partial charge in [-0.2, -0.15) is 0 Å². The first-order valence-corrected chi connectivity index (χ1v) is 15.1. The Morgan fingerprint density at radius 3 is 2.59 bits per heavy atom. The van der Waals surface area contributed by atoms with E-state index in [1.807, 2.05) is 12.1 Å². The molecule has 0 spiro atoms. The third-order valence-electron chi connectivity index (χ3n) is 7.40. The van der Waals surface area contributed by atoms with E-state index < -0.39 is 0 Å². The van der Waals surface area contributed by atoms with Gasteiger partial charge >= 0.3 is 6.03 Å². The number of hydrogen-bond acceptors (Lipinski definition) is 5. The van der Waals surface area contributed by atoms with Crippen molar-refractivity contribution >= 4 is 68.3 Å². The monoisotopic (exact) mass is 588 g/mol. The highest BCUT2D eigenvalue weighted by Crippen LogP contribution is 2.41. The number of carbonyl (C=O) groups excluding carboxylic acids is 3. The summed E-state index contributed by atoms with van der Waals surface area (Å²) in [6, 6.07) is 21.1. The number of anilines is 3. The summed E-state index contributed by atoms with van der Waals surface area (Å²) in [7, 11) is 0. The van der Waals surface area contributed by atoms with Gasteiger partial charge in [0.2, 0.25) is 6.41 Å². The van der Waals surface area contributed by atoms with Gasteiger partial charge in [0.05, 0.1) is 5.69 Å².